The van der Waals surface area contributed by atoms with Crippen LogP contribution in [0.2, 0.25) is 10.0 Å². The number of ether oxygens (including phenoxy) is 1. The van der Waals surface area contributed by atoms with E-state index in [1.165, 1.54) is 0 Å². The molecular weight excluding hydrogens is 521 g/mol. The molecule has 198 valence electrons. The Bertz CT molecular complexity index is 1270. The smallest absolute Gasteiger partial charge is 0.255 e. The van der Waals surface area contributed by atoms with Crippen molar-refractivity contribution in [1.82, 2.24) is 14.7 Å². The number of para-hydroxylation sites is 1. The van der Waals surface area contributed by atoms with Crippen molar-refractivity contribution in [3.05, 3.63) is 106 Å². The van der Waals surface area contributed by atoms with Crippen LogP contribution >= 0.6 is 23.2 Å². The van der Waals surface area contributed by atoms with Crippen LogP contribution in [0.5, 0.6) is 5.75 Å². The van der Waals surface area contributed by atoms with E-state index in [0.717, 1.165) is 24.4 Å². The molecule has 4 rings (SSSR count). The Balaban J connectivity index is 1.38. The summed E-state index contributed by atoms with van der Waals surface area (Å²) in [6.45, 7) is 4.40. The van der Waals surface area contributed by atoms with Gasteiger partial charge in [0.1, 0.15) is 5.75 Å². The van der Waals surface area contributed by atoms with E-state index < -0.39 is 0 Å². The zero-order valence-electron chi connectivity index (χ0n) is 21.4. The van der Waals surface area contributed by atoms with Crippen LogP contribution in [0.1, 0.15) is 26.3 Å². The number of nitrogens with zero attached hydrogens (tertiary/aromatic N) is 3. The van der Waals surface area contributed by atoms with Gasteiger partial charge in [-0.05, 0) is 42.5 Å². The quantitative estimate of drug-likeness (QED) is 0.346. The third-order valence-electron chi connectivity index (χ3n) is 6.59. The second-order valence-corrected chi connectivity index (χ2v) is 9.86. The van der Waals surface area contributed by atoms with Crippen LogP contribution in [-0.4, -0.2) is 79.4 Å². The number of amides is 2. The van der Waals surface area contributed by atoms with E-state index in [1.807, 2.05) is 53.5 Å². The van der Waals surface area contributed by atoms with Gasteiger partial charge in [-0.2, -0.15) is 0 Å². The predicted octanol–water partition coefficient (Wildman–Crippen LogP) is 5.62. The molecule has 0 radical (unpaired) electrons. The van der Waals surface area contributed by atoms with Gasteiger partial charge in [0.2, 0.25) is 0 Å². The first kappa shape index (κ1) is 27.7. The fourth-order valence-electron chi connectivity index (χ4n) is 4.40. The van der Waals surface area contributed by atoms with Crippen molar-refractivity contribution in [2.45, 2.75) is 0 Å². The van der Waals surface area contributed by atoms with Crippen LogP contribution in [0.4, 0.5) is 0 Å². The molecule has 0 aliphatic carbocycles. The summed E-state index contributed by atoms with van der Waals surface area (Å²) < 4.78 is 5.43. The molecule has 6 nitrogen and oxygen atoms in total. The molecule has 0 unspecified atom stereocenters. The van der Waals surface area contributed by atoms with Gasteiger partial charge >= 0.3 is 0 Å². The maximum atomic E-state index is 13.4. The van der Waals surface area contributed by atoms with Crippen LogP contribution in [-0.2, 0) is 0 Å². The van der Waals surface area contributed by atoms with E-state index in [4.69, 9.17) is 27.9 Å². The Morgan fingerprint density at radius 2 is 1.61 bits per heavy atom. The van der Waals surface area contributed by atoms with E-state index >= 15 is 0 Å². The van der Waals surface area contributed by atoms with Crippen molar-refractivity contribution < 1.29 is 14.3 Å². The standard InChI is InChI=1S/C30H31Cl2N3O3/c1-38-28-11-5-2-7-23(28)8-6-16-34(30(37)26-9-3-4-10-27(26)32)20-17-33-18-21-35(22-19-33)29(36)24-12-14-25(31)15-13-24/h2-15H,16-22H2,1H3/b8-6+. The summed E-state index contributed by atoms with van der Waals surface area (Å²) in [7, 11) is 1.64. The molecule has 38 heavy (non-hydrogen) atoms. The lowest BCUT2D eigenvalue weighted by Crippen LogP contribution is -2.50. The summed E-state index contributed by atoms with van der Waals surface area (Å²) in [6, 6.07) is 21.9. The predicted molar refractivity (Wildman–Crippen MR) is 153 cm³/mol. The van der Waals surface area contributed by atoms with E-state index in [1.54, 1.807) is 48.4 Å². The molecule has 0 bridgehead atoms. The van der Waals surface area contributed by atoms with Crippen molar-refractivity contribution in [2.75, 3.05) is 52.9 Å². The molecule has 1 heterocycles. The van der Waals surface area contributed by atoms with Crippen molar-refractivity contribution in [2.24, 2.45) is 0 Å². The molecule has 3 aromatic carbocycles. The number of piperazine rings is 1. The lowest BCUT2D eigenvalue weighted by molar-refractivity contribution is 0.0610. The fraction of sp³-hybridized carbons (Fsp3) is 0.267. The summed E-state index contributed by atoms with van der Waals surface area (Å²) in [5.74, 6) is 0.675. The molecule has 1 fully saturated rings. The van der Waals surface area contributed by atoms with Gasteiger partial charge < -0.3 is 14.5 Å². The molecule has 0 atom stereocenters. The van der Waals surface area contributed by atoms with Gasteiger partial charge in [0.05, 0.1) is 17.7 Å². The molecule has 1 aliphatic rings. The minimum atomic E-state index is -0.114. The topological polar surface area (TPSA) is 53.1 Å². The number of methoxy groups -OCH3 is 1. The van der Waals surface area contributed by atoms with Gasteiger partial charge in [0.15, 0.2) is 0 Å². The van der Waals surface area contributed by atoms with Gasteiger partial charge in [-0.3, -0.25) is 14.5 Å². The van der Waals surface area contributed by atoms with Crippen molar-refractivity contribution >= 4 is 41.1 Å². The zero-order chi connectivity index (χ0) is 26.9. The van der Waals surface area contributed by atoms with Gasteiger partial charge in [0.25, 0.3) is 11.8 Å². The molecular formula is C30H31Cl2N3O3. The molecule has 0 saturated carbocycles. The number of carbonyl (C=O) groups is 2. The van der Waals surface area contributed by atoms with E-state index in [2.05, 4.69) is 4.90 Å². The van der Waals surface area contributed by atoms with Crippen LogP contribution < -0.4 is 4.74 Å². The molecule has 8 heteroatoms. The van der Waals surface area contributed by atoms with E-state index in [-0.39, 0.29) is 11.8 Å². The van der Waals surface area contributed by atoms with Gasteiger partial charge in [-0.15, -0.1) is 0 Å². The lowest BCUT2D eigenvalue weighted by Gasteiger charge is -2.36. The minimum Gasteiger partial charge on any atom is -0.496 e. The minimum absolute atomic E-state index is 0.0123. The Kier molecular flexibility index (Phi) is 9.82. The molecule has 0 aromatic heterocycles. The molecule has 0 N–H and O–H groups in total. The molecule has 2 amide bonds. The highest BCUT2D eigenvalue weighted by Crippen LogP contribution is 2.20. The molecule has 1 aliphatic heterocycles. The molecule has 1 saturated heterocycles. The highest BCUT2D eigenvalue weighted by atomic mass is 35.5. The normalized spacial score (nSPS) is 14.0. The Morgan fingerprint density at radius 1 is 0.921 bits per heavy atom. The number of hydrogen-bond acceptors (Lipinski definition) is 4. The van der Waals surface area contributed by atoms with E-state index in [9.17, 15) is 9.59 Å². The number of rotatable bonds is 9. The monoisotopic (exact) mass is 551 g/mol. The summed E-state index contributed by atoms with van der Waals surface area (Å²) in [4.78, 5) is 32.2. The summed E-state index contributed by atoms with van der Waals surface area (Å²) >= 11 is 12.3. The second kappa shape index (κ2) is 13.5. The average molecular weight is 553 g/mol. The van der Waals surface area contributed by atoms with Crippen molar-refractivity contribution in [1.29, 1.82) is 0 Å². The Labute approximate surface area is 234 Å². The maximum absolute atomic E-state index is 13.4. The molecule has 3 aromatic rings. The third kappa shape index (κ3) is 7.16. The van der Waals surface area contributed by atoms with Crippen LogP contribution in [0, 0.1) is 0 Å². The second-order valence-electron chi connectivity index (χ2n) is 9.02. The van der Waals surface area contributed by atoms with Crippen LogP contribution in [0.15, 0.2) is 78.9 Å². The summed E-state index contributed by atoms with van der Waals surface area (Å²) in [5.41, 5.74) is 2.07. The van der Waals surface area contributed by atoms with Gasteiger partial charge in [-0.1, -0.05) is 65.7 Å². The van der Waals surface area contributed by atoms with E-state index in [0.29, 0.717) is 53.9 Å². The number of hydrogen-bond donors (Lipinski definition) is 0. The lowest BCUT2D eigenvalue weighted by atomic mass is 10.1. The number of halogens is 2. The third-order valence-corrected chi connectivity index (χ3v) is 7.17. The average Bonchev–Trinajstić information content (AvgIpc) is 2.95. The number of benzene rings is 3. The fourth-order valence-corrected chi connectivity index (χ4v) is 4.75. The van der Waals surface area contributed by atoms with Crippen LogP contribution in [0.25, 0.3) is 6.08 Å². The first-order chi connectivity index (χ1) is 18.5. The Morgan fingerprint density at radius 3 is 2.32 bits per heavy atom. The highest BCUT2D eigenvalue weighted by Gasteiger charge is 2.24. The zero-order valence-corrected chi connectivity index (χ0v) is 22.9. The highest BCUT2D eigenvalue weighted by molar-refractivity contribution is 6.33. The summed E-state index contributed by atoms with van der Waals surface area (Å²) in [6.07, 6.45) is 3.93. The largest absolute Gasteiger partial charge is 0.496 e. The van der Waals surface area contributed by atoms with Crippen molar-refractivity contribution in [3.8, 4) is 5.75 Å². The van der Waals surface area contributed by atoms with Gasteiger partial charge in [-0.25, -0.2) is 0 Å². The first-order valence-corrected chi connectivity index (χ1v) is 13.3. The van der Waals surface area contributed by atoms with Crippen LogP contribution in [0.3, 0.4) is 0 Å². The maximum Gasteiger partial charge on any atom is 0.255 e. The number of carbonyl (C=O) groups excluding carboxylic acids is 2. The van der Waals surface area contributed by atoms with Gasteiger partial charge in [0, 0.05) is 62.0 Å². The first-order valence-electron chi connectivity index (χ1n) is 12.6. The molecule has 0 spiro atoms. The summed E-state index contributed by atoms with van der Waals surface area (Å²) in [5, 5.41) is 1.05. The SMILES string of the molecule is COc1ccccc1/C=C/CN(CCN1CCN(C(=O)c2ccc(Cl)cc2)CC1)C(=O)c1ccccc1Cl. The Hall–Kier alpha value is -3.32. The van der Waals surface area contributed by atoms with Crippen molar-refractivity contribution in [3.63, 3.8) is 0 Å².